The number of ether oxygens (including phenoxy) is 1. The van der Waals surface area contributed by atoms with E-state index in [4.69, 9.17) is 4.74 Å². The minimum atomic E-state index is -3.48. The zero-order valence-electron chi connectivity index (χ0n) is 9.40. The van der Waals surface area contributed by atoms with Crippen LogP contribution in [-0.2, 0) is 10.0 Å². The Morgan fingerprint density at radius 1 is 1.44 bits per heavy atom. The number of halogens is 1. The molecule has 0 N–H and O–H groups in total. The minimum Gasteiger partial charge on any atom is -0.495 e. The maximum atomic E-state index is 12.1. The Balaban J connectivity index is 3.37. The van der Waals surface area contributed by atoms with Crippen molar-refractivity contribution in [2.75, 3.05) is 20.7 Å². The fourth-order valence-electron chi connectivity index (χ4n) is 1.19. The Bertz CT molecular complexity index is 473. The topological polar surface area (TPSA) is 46.6 Å². The van der Waals surface area contributed by atoms with E-state index in [1.807, 2.05) is 0 Å². The normalized spacial score (nSPS) is 11.8. The maximum absolute atomic E-state index is 12.1. The molecule has 1 aromatic rings. The van der Waals surface area contributed by atoms with Gasteiger partial charge in [0.05, 0.1) is 7.11 Å². The zero-order chi connectivity index (χ0) is 12.3. The van der Waals surface area contributed by atoms with Gasteiger partial charge in [-0.25, -0.2) is 12.7 Å². The van der Waals surface area contributed by atoms with E-state index in [0.717, 1.165) is 0 Å². The molecule has 4 nitrogen and oxygen atoms in total. The largest absolute Gasteiger partial charge is 0.495 e. The quantitative estimate of drug-likeness (QED) is 0.856. The molecule has 0 spiro atoms. The highest BCUT2D eigenvalue weighted by molar-refractivity contribution is 9.10. The number of rotatable bonds is 4. The van der Waals surface area contributed by atoms with Crippen molar-refractivity contribution in [3.63, 3.8) is 0 Å². The van der Waals surface area contributed by atoms with E-state index in [2.05, 4.69) is 15.9 Å². The van der Waals surface area contributed by atoms with Crippen molar-refractivity contribution < 1.29 is 13.2 Å². The summed E-state index contributed by atoms with van der Waals surface area (Å²) in [5.74, 6) is 0.350. The number of hydrogen-bond acceptors (Lipinski definition) is 3. The van der Waals surface area contributed by atoms with E-state index in [-0.39, 0.29) is 4.90 Å². The lowest BCUT2D eigenvalue weighted by molar-refractivity contribution is 0.399. The highest BCUT2D eigenvalue weighted by atomic mass is 79.9. The lowest BCUT2D eigenvalue weighted by atomic mass is 10.3. The molecule has 1 rings (SSSR count). The van der Waals surface area contributed by atoms with Crippen LogP contribution in [0, 0.1) is 0 Å². The Labute approximate surface area is 104 Å². The Hall–Kier alpha value is -0.590. The Kier molecular flexibility index (Phi) is 4.35. The van der Waals surface area contributed by atoms with Crippen molar-refractivity contribution >= 4 is 26.0 Å². The average molecular weight is 308 g/mol. The number of sulfonamides is 1. The second-order valence-electron chi connectivity index (χ2n) is 3.21. The lowest BCUT2D eigenvalue weighted by Crippen LogP contribution is -2.26. The smallest absolute Gasteiger partial charge is 0.246 e. The van der Waals surface area contributed by atoms with Crippen LogP contribution in [0.3, 0.4) is 0 Å². The van der Waals surface area contributed by atoms with E-state index in [9.17, 15) is 8.42 Å². The number of hydrogen-bond donors (Lipinski definition) is 0. The summed E-state index contributed by atoms with van der Waals surface area (Å²) >= 11 is 3.25. The highest BCUT2D eigenvalue weighted by Crippen LogP contribution is 2.29. The predicted molar refractivity (Wildman–Crippen MR) is 66.2 cm³/mol. The fourth-order valence-corrected chi connectivity index (χ4v) is 3.06. The third kappa shape index (κ3) is 2.56. The Morgan fingerprint density at radius 3 is 2.56 bits per heavy atom. The third-order valence-corrected chi connectivity index (χ3v) is 4.71. The van der Waals surface area contributed by atoms with Crippen molar-refractivity contribution in [3.8, 4) is 5.75 Å². The highest BCUT2D eigenvalue weighted by Gasteiger charge is 2.23. The molecule has 0 aromatic heterocycles. The van der Waals surface area contributed by atoms with Crippen LogP contribution in [0.2, 0.25) is 0 Å². The molecule has 0 radical (unpaired) electrons. The van der Waals surface area contributed by atoms with E-state index in [1.54, 1.807) is 25.1 Å². The average Bonchev–Trinajstić information content (AvgIpc) is 2.27. The summed E-state index contributed by atoms with van der Waals surface area (Å²) in [6.45, 7) is 2.19. The van der Waals surface area contributed by atoms with Gasteiger partial charge in [-0.05, 0) is 18.2 Å². The number of benzene rings is 1. The van der Waals surface area contributed by atoms with E-state index < -0.39 is 10.0 Å². The molecular formula is C10H14BrNO3S. The van der Waals surface area contributed by atoms with Gasteiger partial charge in [-0.2, -0.15) is 0 Å². The van der Waals surface area contributed by atoms with Crippen LogP contribution in [0.15, 0.2) is 27.6 Å². The van der Waals surface area contributed by atoms with Gasteiger partial charge in [0.25, 0.3) is 0 Å². The molecule has 0 atom stereocenters. The van der Waals surface area contributed by atoms with Crippen LogP contribution < -0.4 is 4.74 Å². The van der Waals surface area contributed by atoms with Gasteiger partial charge in [0.2, 0.25) is 10.0 Å². The van der Waals surface area contributed by atoms with Crippen molar-refractivity contribution in [2.45, 2.75) is 11.8 Å². The molecule has 0 saturated heterocycles. The van der Waals surface area contributed by atoms with Crippen molar-refractivity contribution in [2.24, 2.45) is 0 Å². The molecule has 0 aliphatic carbocycles. The maximum Gasteiger partial charge on any atom is 0.246 e. The second kappa shape index (κ2) is 5.16. The van der Waals surface area contributed by atoms with E-state index >= 15 is 0 Å². The molecule has 0 bridgehead atoms. The summed E-state index contributed by atoms with van der Waals surface area (Å²) in [5.41, 5.74) is 0. The molecule has 0 aliphatic rings. The van der Waals surface area contributed by atoms with Gasteiger partial charge in [0, 0.05) is 18.1 Å². The standard InChI is InChI=1S/C10H14BrNO3S/c1-4-12(2)16(13,14)10-7-8(11)5-6-9(10)15-3/h5-7H,4H2,1-3H3. The molecule has 0 unspecified atom stereocenters. The van der Waals surface area contributed by atoms with Gasteiger partial charge in [0.1, 0.15) is 10.6 Å². The summed E-state index contributed by atoms with van der Waals surface area (Å²) in [6.07, 6.45) is 0. The first kappa shape index (κ1) is 13.5. The molecule has 1 aromatic carbocycles. The Morgan fingerprint density at radius 2 is 2.06 bits per heavy atom. The van der Waals surface area contributed by atoms with E-state index in [1.165, 1.54) is 18.5 Å². The predicted octanol–water partition coefficient (Wildman–Crippen LogP) is 2.10. The molecule has 16 heavy (non-hydrogen) atoms. The van der Waals surface area contributed by atoms with Crippen LogP contribution in [0.5, 0.6) is 5.75 Å². The van der Waals surface area contributed by atoms with Gasteiger partial charge in [-0.3, -0.25) is 0 Å². The number of nitrogens with zero attached hydrogens (tertiary/aromatic N) is 1. The summed E-state index contributed by atoms with van der Waals surface area (Å²) in [7, 11) is -0.486. The summed E-state index contributed by atoms with van der Waals surface area (Å²) in [5, 5.41) is 0. The molecule has 6 heteroatoms. The monoisotopic (exact) mass is 307 g/mol. The van der Waals surface area contributed by atoms with Gasteiger partial charge in [-0.15, -0.1) is 0 Å². The van der Waals surface area contributed by atoms with E-state index in [0.29, 0.717) is 16.8 Å². The van der Waals surface area contributed by atoms with Crippen molar-refractivity contribution in [3.05, 3.63) is 22.7 Å². The van der Waals surface area contributed by atoms with Crippen LogP contribution in [-0.4, -0.2) is 33.4 Å². The first-order valence-corrected chi connectivity index (χ1v) is 6.96. The molecule has 90 valence electrons. The zero-order valence-corrected chi connectivity index (χ0v) is 11.8. The lowest BCUT2D eigenvalue weighted by Gasteiger charge is -2.17. The van der Waals surface area contributed by atoms with Gasteiger partial charge in [0.15, 0.2) is 0 Å². The van der Waals surface area contributed by atoms with Crippen LogP contribution in [0.25, 0.3) is 0 Å². The van der Waals surface area contributed by atoms with Gasteiger partial charge >= 0.3 is 0 Å². The van der Waals surface area contributed by atoms with Crippen molar-refractivity contribution in [1.29, 1.82) is 0 Å². The van der Waals surface area contributed by atoms with Gasteiger partial charge in [-0.1, -0.05) is 22.9 Å². The summed E-state index contributed by atoms with van der Waals surface area (Å²) in [4.78, 5) is 0.175. The van der Waals surface area contributed by atoms with Gasteiger partial charge < -0.3 is 4.74 Å². The third-order valence-electron chi connectivity index (χ3n) is 2.26. The SMILES string of the molecule is CCN(C)S(=O)(=O)c1cc(Br)ccc1OC. The first-order valence-electron chi connectivity index (χ1n) is 4.73. The molecule has 0 heterocycles. The molecular weight excluding hydrogens is 294 g/mol. The van der Waals surface area contributed by atoms with Crippen molar-refractivity contribution in [1.82, 2.24) is 4.31 Å². The van der Waals surface area contributed by atoms with Crippen LogP contribution in [0.1, 0.15) is 6.92 Å². The molecule has 0 amide bonds. The molecule has 0 fully saturated rings. The summed E-state index contributed by atoms with van der Waals surface area (Å²) in [6, 6.07) is 4.91. The fraction of sp³-hybridized carbons (Fsp3) is 0.400. The number of methoxy groups -OCH3 is 1. The molecule has 0 aliphatic heterocycles. The van der Waals surface area contributed by atoms with Crippen LogP contribution >= 0.6 is 15.9 Å². The second-order valence-corrected chi connectivity index (χ2v) is 6.14. The first-order chi connectivity index (χ1) is 7.43. The minimum absolute atomic E-state index is 0.175. The summed E-state index contributed by atoms with van der Waals surface area (Å²) < 4.78 is 31.3. The van der Waals surface area contributed by atoms with Crippen LogP contribution in [0.4, 0.5) is 0 Å². The molecule has 0 saturated carbocycles.